The highest BCUT2D eigenvalue weighted by molar-refractivity contribution is 7.90. The third-order valence-corrected chi connectivity index (χ3v) is 3.51. The number of aromatic nitrogens is 3. The second-order valence-corrected chi connectivity index (χ2v) is 6.56. The van der Waals surface area contributed by atoms with Gasteiger partial charge in [0.1, 0.15) is 21.1 Å². The Morgan fingerprint density at radius 1 is 1.40 bits per heavy atom. The molecular formula is C12H13N3O4S. The first kappa shape index (κ1) is 14.2. The van der Waals surface area contributed by atoms with Gasteiger partial charge < -0.3 is 5.11 Å². The van der Waals surface area contributed by atoms with Gasteiger partial charge in [-0.1, -0.05) is 6.07 Å². The highest BCUT2D eigenvalue weighted by Gasteiger charge is 2.18. The van der Waals surface area contributed by atoms with Crippen LogP contribution in [0.4, 0.5) is 0 Å². The molecule has 2 heterocycles. The fourth-order valence-electron chi connectivity index (χ4n) is 1.64. The first-order valence-electron chi connectivity index (χ1n) is 5.77. The maximum atomic E-state index is 11.2. The van der Waals surface area contributed by atoms with Crippen molar-refractivity contribution in [2.24, 2.45) is 0 Å². The van der Waals surface area contributed by atoms with E-state index < -0.39 is 15.8 Å². The molecule has 0 radical (unpaired) electrons. The largest absolute Gasteiger partial charge is 0.478 e. The van der Waals surface area contributed by atoms with Gasteiger partial charge in [-0.2, -0.15) is 5.10 Å². The molecule has 0 aromatic carbocycles. The molecule has 0 amide bonds. The molecule has 0 unspecified atom stereocenters. The Hall–Kier alpha value is -2.22. The quantitative estimate of drug-likeness (QED) is 0.870. The zero-order chi connectivity index (χ0) is 14.8. The number of hydrogen-bond donors (Lipinski definition) is 1. The van der Waals surface area contributed by atoms with Gasteiger partial charge in [0, 0.05) is 18.6 Å². The molecule has 0 bridgehead atoms. The molecule has 0 spiro atoms. The smallest absolute Gasteiger partial charge is 0.339 e. The van der Waals surface area contributed by atoms with Crippen molar-refractivity contribution in [3.05, 3.63) is 36.2 Å². The normalized spacial score (nSPS) is 11.4. The second-order valence-electron chi connectivity index (χ2n) is 4.30. The molecule has 7 nitrogen and oxygen atoms in total. The van der Waals surface area contributed by atoms with Gasteiger partial charge >= 0.3 is 5.97 Å². The van der Waals surface area contributed by atoms with Crippen molar-refractivity contribution in [1.82, 2.24) is 14.8 Å². The van der Waals surface area contributed by atoms with E-state index >= 15 is 0 Å². The van der Waals surface area contributed by atoms with Crippen LogP contribution in [0.5, 0.6) is 0 Å². The van der Waals surface area contributed by atoms with Gasteiger partial charge in [0.15, 0.2) is 0 Å². The molecule has 0 atom stereocenters. The van der Waals surface area contributed by atoms with Gasteiger partial charge in [0.25, 0.3) is 0 Å². The van der Waals surface area contributed by atoms with Crippen molar-refractivity contribution in [1.29, 1.82) is 0 Å². The molecule has 0 fully saturated rings. The fourth-order valence-corrected chi connectivity index (χ4v) is 2.16. The molecule has 0 aliphatic heterocycles. The average Bonchev–Trinajstić information content (AvgIpc) is 2.81. The summed E-state index contributed by atoms with van der Waals surface area (Å²) in [6, 6.07) is 5.09. The van der Waals surface area contributed by atoms with Crippen molar-refractivity contribution >= 4 is 15.8 Å². The molecule has 2 aromatic heterocycles. The Morgan fingerprint density at radius 2 is 2.15 bits per heavy atom. The molecule has 0 aliphatic rings. The lowest BCUT2D eigenvalue weighted by atomic mass is 10.2. The van der Waals surface area contributed by atoms with Crippen LogP contribution in [0, 0.1) is 0 Å². The predicted octanol–water partition coefficient (Wildman–Crippen LogP) is 0.688. The van der Waals surface area contributed by atoms with Crippen molar-refractivity contribution in [2.45, 2.75) is 6.54 Å². The van der Waals surface area contributed by atoms with Gasteiger partial charge in [-0.05, 0) is 12.1 Å². The number of carboxylic acids is 1. The summed E-state index contributed by atoms with van der Waals surface area (Å²) in [5.74, 6) is -1.23. The van der Waals surface area contributed by atoms with E-state index in [2.05, 4.69) is 10.1 Å². The van der Waals surface area contributed by atoms with E-state index in [1.54, 1.807) is 18.2 Å². The number of aromatic carboxylic acids is 1. The summed E-state index contributed by atoms with van der Waals surface area (Å²) in [4.78, 5) is 15.3. The van der Waals surface area contributed by atoms with E-state index in [0.29, 0.717) is 5.69 Å². The van der Waals surface area contributed by atoms with Crippen LogP contribution in [-0.4, -0.2) is 46.3 Å². The Morgan fingerprint density at radius 3 is 2.70 bits per heavy atom. The molecule has 0 aliphatic carbocycles. The molecule has 106 valence electrons. The minimum Gasteiger partial charge on any atom is -0.478 e. The molecule has 0 saturated carbocycles. The number of rotatable bonds is 5. The number of carbonyl (C=O) groups is 1. The van der Waals surface area contributed by atoms with E-state index in [0.717, 1.165) is 6.26 Å². The van der Waals surface area contributed by atoms with Gasteiger partial charge in [0.05, 0.1) is 18.0 Å². The third kappa shape index (κ3) is 3.41. The number of aryl methyl sites for hydroxylation is 1. The van der Waals surface area contributed by atoms with E-state index in [9.17, 15) is 13.2 Å². The number of pyridine rings is 1. The van der Waals surface area contributed by atoms with Crippen molar-refractivity contribution in [2.75, 3.05) is 12.0 Å². The number of nitrogens with zero attached hydrogens (tertiary/aromatic N) is 3. The first-order valence-corrected chi connectivity index (χ1v) is 7.83. The SMILES string of the molecule is CS(=O)(=O)CCn1cc(C(=O)O)c(-c2ccccn2)n1. The highest BCUT2D eigenvalue weighted by Crippen LogP contribution is 2.19. The lowest BCUT2D eigenvalue weighted by Gasteiger charge is -1.99. The minimum atomic E-state index is -3.13. The molecule has 0 saturated heterocycles. The van der Waals surface area contributed by atoms with E-state index in [1.165, 1.54) is 17.1 Å². The molecule has 1 N–H and O–H groups in total. The Bertz CT molecular complexity index is 722. The average molecular weight is 295 g/mol. The van der Waals surface area contributed by atoms with E-state index in [1.807, 2.05) is 0 Å². The van der Waals surface area contributed by atoms with Crippen molar-refractivity contribution in [3.63, 3.8) is 0 Å². The van der Waals surface area contributed by atoms with Crippen LogP contribution in [0.3, 0.4) is 0 Å². The lowest BCUT2D eigenvalue weighted by molar-refractivity contribution is 0.0697. The summed E-state index contributed by atoms with van der Waals surface area (Å²) < 4.78 is 23.6. The monoisotopic (exact) mass is 295 g/mol. The number of sulfone groups is 1. The fraction of sp³-hybridized carbons (Fsp3) is 0.250. The standard InChI is InChI=1S/C12H13N3O4S/c1-20(18,19)7-6-15-8-9(12(16)17)11(14-15)10-4-2-3-5-13-10/h2-5,8H,6-7H2,1H3,(H,16,17). The number of hydrogen-bond acceptors (Lipinski definition) is 5. The van der Waals surface area contributed by atoms with Crippen LogP contribution in [0.25, 0.3) is 11.4 Å². The lowest BCUT2D eigenvalue weighted by Crippen LogP contribution is -2.11. The summed E-state index contributed by atoms with van der Waals surface area (Å²) in [6.45, 7) is 0.103. The first-order chi connectivity index (χ1) is 9.37. The summed E-state index contributed by atoms with van der Waals surface area (Å²) in [5.41, 5.74) is 0.659. The van der Waals surface area contributed by atoms with Crippen LogP contribution < -0.4 is 0 Å². The molecular weight excluding hydrogens is 282 g/mol. The maximum Gasteiger partial charge on any atom is 0.339 e. The Kier molecular flexibility index (Phi) is 3.84. The third-order valence-electron chi connectivity index (χ3n) is 2.59. The highest BCUT2D eigenvalue weighted by atomic mass is 32.2. The predicted molar refractivity (Wildman–Crippen MR) is 72.1 cm³/mol. The van der Waals surface area contributed by atoms with Crippen LogP contribution in [0.15, 0.2) is 30.6 Å². The summed E-state index contributed by atoms with van der Waals surface area (Å²) in [5, 5.41) is 13.3. The zero-order valence-corrected chi connectivity index (χ0v) is 11.5. The van der Waals surface area contributed by atoms with Crippen LogP contribution in [-0.2, 0) is 16.4 Å². The Balaban J connectivity index is 2.37. The second kappa shape index (κ2) is 5.41. The maximum absolute atomic E-state index is 11.2. The summed E-state index contributed by atoms with van der Waals surface area (Å²) in [6.07, 6.45) is 3.97. The molecule has 8 heteroatoms. The van der Waals surface area contributed by atoms with Crippen LogP contribution in [0.1, 0.15) is 10.4 Å². The topological polar surface area (TPSA) is 102 Å². The van der Waals surface area contributed by atoms with Gasteiger partial charge in [0.2, 0.25) is 0 Å². The van der Waals surface area contributed by atoms with E-state index in [4.69, 9.17) is 5.11 Å². The molecule has 2 rings (SSSR count). The minimum absolute atomic E-state index is 0.00259. The van der Waals surface area contributed by atoms with Gasteiger partial charge in [-0.3, -0.25) is 9.67 Å². The summed E-state index contributed by atoms with van der Waals surface area (Å²) >= 11 is 0. The van der Waals surface area contributed by atoms with Crippen molar-refractivity contribution in [3.8, 4) is 11.4 Å². The van der Waals surface area contributed by atoms with E-state index in [-0.39, 0.29) is 23.6 Å². The summed E-state index contributed by atoms with van der Waals surface area (Å²) in [7, 11) is -3.13. The molecule has 20 heavy (non-hydrogen) atoms. The van der Waals surface area contributed by atoms with Gasteiger partial charge in [-0.25, -0.2) is 13.2 Å². The van der Waals surface area contributed by atoms with Crippen molar-refractivity contribution < 1.29 is 18.3 Å². The molecule has 2 aromatic rings. The zero-order valence-electron chi connectivity index (χ0n) is 10.7. The van der Waals surface area contributed by atoms with Crippen LogP contribution in [0.2, 0.25) is 0 Å². The number of carboxylic acid groups (broad SMARTS) is 1. The van der Waals surface area contributed by atoms with Crippen LogP contribution >= 0.6 is 0 Å². The van der Waals surface area contributed by atoms with Gasteiger partial charge in [-0.15, -0.1) is 0 Å². The Labute approximate surface area is 115 Å².